The molecule has 19 heavy (non-hydrogen) atoms. The molecule has 1 N–H and O–H groups in total. The summed E-state index contributed by atoms with van der Waals surface area (Å²) in [5, 5.41) is 8.82. The third-order valence-corrected chi connectivity index (χ3v) is 3.41. The Morgan fingerprint density at radius 3 is 2.79 bits per heavy atom. The minimum absolute atomic E-state index is 0.141. The molecule has 0 spiro atoms. The van der Waals surface area contributed by atoms with E-state index in [-0.39, 0.29) is 18.5 Å². The average Bonchev–Trinajstić information content (AvgIpc) is 2.85. The van der Waals surface area contributed by atoms with Crippen LogP contribution in [-0.4, -0.2) is 52.8 Å². The lowest BCUT2D eigenvalue weighted by molar-refractivity contribution is -0.137. The minimum Gasteiger partial charge on any atom is -0.480 e. The van der Waals surface area contributed by atoms with E-state index < -0.39 is 5.97 Å². The molecule has 0 saturated carbocycles. The highest BCUT2D eigenvalue weighted by atomic mass is 16.5. The van der Waals surface area contributed by atoms with Gasteiger partial charge in [-0.15, -0.1) is 0 Å². The van der Waals surface area contributed by atoms with Crippen molar-refractivity contribution in [3.8, 4) is 0 Å². The van der Waals surface area contributed by atoms with Gasteiger partial charge >= 0.3 is 5.97 Å². The van der Waals surface area contributed by atoms with Crippen molar-refractivity contribution in [3.63, 3.8) is 0 Å². The van der Waals surface area contributed by atoms with Gasteiger partial charge in [0.05, 0.1) is 0 Å². The van der Waals surface area contributed by atoms with E-state index in [0.717, 1.165) is 12.8 Å². The van der Waals surface area contributed by atoms with E-state index in [2.05, 4.69) is 0 Å². The van der Waals surface area contributed by atoms with Gasteiger partial charge in [-0.05, 0) is 25.0 Å². The highest BCUT2D eigenvalue weighted by Gasteiger charge is 2.25. The third kappa shape index (κ3) is 3.14. The number of ether oxygens (including phenoxy) is 1. The molecule has 6 heteroatoms. The van der Waals surface area contributed by atoms with Crippen LogP contribution in [0.3, 0.4) is 0 Å². The quantitative estimate of drug-likeness (QED) is 0.876. The maximum Gasteiger partial charge on any atom is 0.323 e. The van der Waals surface area contributed by atoms with Gasteiger partial charge in [-0.1, -0.05) is 0 Å². The Hall–Kier alpha value is -1.82. The van der Waals surface area contributed by atoms with Crippen molar-refractivity contribution >= 4 is 11.9 Å². The van der Waals surface area contributed by atoms with Crippen molar-refractivity contribution in [2.24, 2.45) is 0 Å². The fourth-order valence-electron chi connectivity index (χ4n) is 2.31. The molecular formula is C13H18N2O4. The summed E-state index contributed by atoms with van der Waals surface area (Å²) in [5.74, 6) is -1.10. The fourth-order valence-corrected chi connectivity index (χ4v) is 2.31. The third-order valence-electron chi connectivity index (χ3n) is 3.41. The van der Waals surface area contributed by atoms with E-state index in [9.17, 15) is 9.59 Å². The van der Waals surface area contributed by atoms with Crippen LogP contribution in [0.5, 0.6) is 0 Å². The lowest BCUT2D eigenvalue weighted by atomic mass is 10.1. The summed E-state index contributed by atoms with van der Waals surface area (Å²) in [6, 6.07) is 3.50. The molecule has 0 unspecified atom stereocenters. The van der Waals surface area contributed by atoms with Crippen molar-refractivity contribution in [2.75, 3.05) is 20.3 Å². The lowest BCUT2D eigenvalue weighted by Gasteiger charge is -2.31. The van der Waals surface area contributed by atoms with Gasteiger partial charge in [-0.3, -0.25) is 9.59 Å². The normalized spacial score (nSPS) is 16.3. The van der Waals surface area contributed by atoms with Gasteiger partial charge in [0, 0.05) is 32.5 Å². The zero-order valence-electron chi connectivity index (χ0n) is 10.9. The van der Waals surface area contributed by atoms with Crippen LogP contribution in [0.2, 0.25) is 0 Å². The second kappa shape index (κ2) is 5.88. The van der Waals surface area contributed by atoms with E-state index in [1.54, 1.807) is 30.3 Å². The number of aromatic nitrogens is 1. The molecule has 6 nitrogen and oxygen atoms in total. The van der Waals surface area contributed by atoms with Gasteiger partial charge in [0.25, 0.3) is 5.91 Å². The summed E-state index contributed by atoms with van der Waals surface area (Å²) in [5.41, 5.74) is 0.413. The largest absolute Gasteiger partial charge is 0.480 e. The van der Waals surface area contributed by atoms with Gasteiger partial charge in [0.1, 0.15) is 12.2 Å². The lowest BCUT2D eigenvalue weighted by Crippen LogP contribution is -2.41. The van der Waals surface area contributed by atoms with E-state index in [1.165, 1.54) is 4.57 Å². The van der Waals surface area contributed by atoms with Crippen molar-refractivity contribution in [1.29, 1.82) is 0 Å². The Morgan fingerprint density at radius 1 is 1.47 bits per heavy atom. The maximum atomic E-state index is 12.4. The molecule has 1 aliphatic heterocycles. The van der Waals surface area contributed by atoms with Crippen molar-refractivity contribution in [3.05, 3.63) is 24.0 Å². The van der Waals surface area contributed by atoms with Crippen LogP contribution in [0.15, 0.2) is 18.3 Å². The Bertz CT molecular complexity index is 463. The molecule has 1 aromatic rings. The smallest absolute Gasteiger partial charge is 0.323 e. The molecule has 1 aliphatic rings. The van der Waals surface area contributed by atoms with Gasteiger partial charge in [0.2, 0.25) is 0 Å². The zero-order valence-corrected chi connectivity index (χ0v) is 10.9. The molecule has 1 amide bonds. The first kappa shape index (κ1) is 13.6. The molecule has 1 saturated heterocycles. The number of nitrogens with zero attached hydrogens (tertiary/aromatic N) is 2. The first-order valence-corrected chi connectivity index (χ1v) is 6.31. The number of aliphatic carboxylic acids is 1. The first-order valence-electron chi connectivity index (χ1n) is 6.31. The first-order chi connectivity index (χ1) is 9.09. The molecule has 104 valence electrons. The molecule has 1 fully saturated rings. The minimum atomic E-state index is -0.959. The van der Waals surface area contributed by atoms with Crippen molar-refractivity contribution in [1.82, 2.24) is 9.47 Å². The topological polar surface area (TPSA) is 71.8 Å². The van der Waals surface area contributed by atoms with E-state index in [4.69, 9.17) is 9.84 Å². The number of amides is 1. The summed E-state index contributed by atoms with van der Waals surface area (Å²) in [7, 11) is 1.76. The predicted octanol–water partition coefficient (Wildman–Crippen LogP) is 0.824. The number of carbonyl (C=O) groups is 2. The molecule has 2 rings (SSSR count). The molecule has 0 aliphatic carbocycles. The Balaban J connectivity index is 2.10. The van der Waals surface area contributed by atoms with Crippen LogP contribution in [0.1, 0.15) is 23.3 Å². The SMILES string of the molecule is CN(C(=O)c1cccn1CC(=O)O)C1CCOCC1. The molecule has 0 bridgehead atoms. The molecular weight excluding hydrogens is 248 g/mol. The number of carboxylic acid groups (broad SMARTS) is 1. The van der Waals surface area contributed by atoms with E-state index >= 15 is 0 Å². The molecule has 0 atom stereocenters. The van der Waals surface area contributed by atoms with Crippen LogP contribution in [0.4, 0.5) is 0 Å². The Labute approximate surface area is 111 Å². The zero-order chi connectivity index (χ0) is 13.8. The number of carbonyl (C=O) groups excluding carboxylic acids is 1. The van der Waals surface area contributed by atoms with Gasteiger partial charge in [-0.25, -0.2) is 0 Å². The Kier molecular flexibility index (Phi) is 4.21. The van der Waals surface area contributed by atoms with Gasteiger partial charge in [-0.2, -0.15) is 0 Å². The Morgan fingerprint density at radius 2 is 2.16 bits per heavy atom. The van der Waals surface area contributed by atoms with Crippen LogP contribution in [-0.2, 0) is 16.1 Å². The second-order valence-electron chi connectivity index (χ2n) is 4.67. The van der Waals surface area contributed by atoms with Crippen LogP contribution in [0, 0.1) is 0 Å². The average molecular weight is 266 g/mol. The number of rotatable bonds is 4. The summed E-state index contributed by atoms with van der Waals surface area (Å²) in [6.45, 7) is 1.13. The molecule has 1 aromatic heterocycles. The standard InChI is InChI=1S/C13H18N2O4/c1-14(10-4-7-19-8-5-10)13(18)11-3-2-6-15(11)9-12(16)17/h2-3,6,10H,4-5,7-9H2,1H3,(H,16,17). The summed E-state index contributed by atoms with van der Waals surface area (Å²) < 4.78 is 6.73. The molecule has 2 heterocycles. The second-order valence-corrected chi connectivity index (χ2v) is 4.67. The number of hydrogen-bond donors (Lipinski definition) is 1. The summed E-state index contributed by atoms with van der Waals surface area (Å²) in [4.78, 5) is 24.8. The van der Waals surface area contributed by atoms with Crippen molar-refractivity contribution < 1.29 is 19.4 Å². The van der Waals surface area contributed by atoms with Crippen LogP contribution >= 0.6 is 0 Å². The highest BCUT2D eigenvalue weighted by molar-refractivity contribution is 5.93. The van der Waals surface area contributed by atoms with E-state index in [1.807, 2.05) is 0 Å². The van der Waals surface area contributed by atoms with Gasteiger partial charge in [0.15, 0.2) is 0 Å². The van der Waals surface area contributed by atoms with E-state index in [0.29, 0.717) is 18.9 Å². The number of hydrogen-bond acceptors (Lipinski definition) is 3. The van der Waals surface area contributed by atoms with Gasteiger partial charge < -0.3 is 19.3 Å². The van der Waals surface area contributed by atoms with Crippen LogP contribution in [0.25, 0.3) is 0 Å². The maximum absolute atomic E-state index is 12.4. The predicted molar refractivity (Wildman–Crippen MR) is 68.0 cm³/mol. The number of carboxylic acids is 1. The fraction of sp³-hybridized carbons (Fsp3) is 0.538. The monoisotopic (exact) mass is 266 g/mol. The summed E-state index contributed by atoms with van der Waals surface area (Å²) >= 11 is 0. The highest BCUT2D eigenvalue weighted by Crippen LogP contribution is 2.16. The summed E-state index contributed by atoms with van der Waals surface area (Å²) in [6.07, 6.45) is 3.25. The van der Waals surface area contributed by atoms with Crippen LogP contribution < -0.4 is 0 Å². The molecule has 0 aromatic carbocycles. The van der Waals surface area contributed by atoms with Crippen molar-refractivity contribution in [2.45, 2.75) is 25.4 Å². The molecule has 0 radical (unpaired) electrons.